The topological polar surface area (TPSA) is 180 Å². The van der Waals surface area contributed by atoms with Crippen LogP contribution in [-0.2, 0) is 9.47 Å². The highest BCUT2D eigenvalue weighted by atomic mass is 16.7. The van der Waals surface area contributed by atoms with E-state index in [1.54, 1.807) is 0 Å². The van der Waals surface area contributed by atoms with Crippen molar-refractivity contribution in [3.8, 4) is 0 Å². The maximum atomic E-state index is 12.2. The van der Waals surface area contributed by atoms with E-state index in [0.29, 0.717) is 25.2 Å². The van der Waals surface area contributed by atoms with Crippen LogP contribution in [0, 0.1) is 50.7 Å². The lowest BCUT2D eigenvalue weighted by Crippen LogP contribution is -2.64. The Labute approximate surface area is 273 Å². The fraction of sp³-hybridized carbons (Fsp3) is 0.944. The molecule has 0 radical (unpaired) electrons. The van der Waals surface area contributed by atoms with Gasteiger partial charge in [0.2, 0.25) is 0 Å². The number of aliphatic hydroxyl groups excluding tert-OH is 8. The first kappa shape index (κ1) is 35.2. The first-order valence-electron chi connectivity index (χ1n) is 17.7. The van der Waals surface area contributed by atoms with Crippen molar-refractivity contribution in [3.63, 3.8) is 0 Å². The van der Waals surface area contributed by atoms with E-state index < -0.39 is 67.1 Å². The molecule has 6 aliphatic rings. The molecular weight excluding hydrogens is 592 g/mol. The molecule has 2 spiro atoms. The molecule has 0 aromatic heterocycles. The number of hydrogen-bond donors (Lipinski definition) is 8. The fourth-order valence-electron chi connectivity index (χ4n) is 12.7. The smallest absolute Gasteiger partial charge is 0.187 e. The van der Waals surface area contributed by atoms with Crippen molar-refractivity contribution in [2.45, 2.75) is 148 Å². The Hall–Kier alpha value is -0.660. The van der Waals surface area contributed by atoms with Gasteiger partial charge in [-0.3, -0.25) is 0 Å². The molecule has 1 saturated heterocycles. The minimum atomic E-state index is -1.48. The number of allylic oxidation sites excluding steroid dienone is 1. The highest BCUT2D eigenvalue weighted by Crippen LogP contribution is 2.88. The predicted octanol–water partition coefficient (Wildman–Crippen LogP) is 1.88. The van der Waals surface area contributed by atoms with E-state index in [9.17, 15) is 40.9 Å². The number of fused-ring (bicyclic) bond motifs is 2. The van der Waals surface area contributed by atoms with E-state index in [1.807, 2.05) is 6.92 Å². The monoisotopic (exact) mass is 652 g/mol. The first-order chi connectivity index (χ1) is 21.4. The van der Waals surface area contributed by atoms with Gasteiger partial charge in [-0.1, -0.05) is 46.3 Å². The van der Waals surface area contributed by atoms with Crippen LogP contribution in [0.15, 0.2) is 11.6 Å². The van der Waals surface area contributed by atoms with Gasteiger partial charge in [-0.2, -0.15) is 0 Å². The van der Waals surface area contributed by atoms with Crippen LogP contribution in [0.3, 0.4) is 0 Å². The van der Waals surface area contributed by atoms with E-state index in [4.69, 9.17) is 9.47 Å². The standard InChI is InChI=1S/C36H60O10/c1-18(16-45-31-30(44)29(43)28(42)21(15-37)46-31)8-7-9-19(2)27-20(38)13-33(5)23-11-10-22-32(3,4)24(39)12-25(40)36(22)17-35(23,36)14-26(41)34(27,33)6/h8,19-31,37-44H,7,9-17H2,1-6H3/b18-8+/t19-,20?,21-,22+,23+,24?,25?,26?,27+,28-,29+,30-,31-,33+,34-,35+,36-/m1/s1. The van der Waals surface area contributed by atoms with E-state index in [0.717, 1.165) is 37.7 Å². The van der Waals surface area contributed by atoms with Crippen molar-refractivity contribution >= 4 is 0 Å². The van der Waals surface area contributed by atoms with Crippen molar-refractivity contribution in [1.82, 2.24) is 0 Å². The lowest BCUT2D eigenvalue weighted by atomic mass is 9.40. The van der Waals surface area contributed by atoms with Gasteiger partial charge in [-0.15, -0.1) is 0 Å². The molecule has 6 rings (SSSR count). The number of hydrogen-bond acceptors (Lipinski definition) is 10. The largest absolute Gasteiger partial charge is 0.394 e. The van der Waals surface area contributed by atoms with Gasteiger partial charge in [0.1, 0.15) is 24.4 Å². The van der Waals surface area contributed by atoms with Crippen LogP contribution in [0.1, 0.15) is 92.9 Å². The molecule has 0 amide bonds. The zero-order valence-corrected chi connectivity index (χ0v) is 28.5. The summed E-state index contributed by atoms with van der Waals surface area (Å²) < 4.78 is 11.1. The number of ether oxygens (including phenoxy) is 2. The van der Waals surface area contributed by atoms with E-state index in [1.165, 1.54) is 0 Å². The van der Waals surface area contributed by atoms with Crippen molar-refractivity contribution in [1.29, 1.82) is 0 Å². The van der Waals surface area contributed by atoms with Gasteiger partial charge < -0.3 is 50.3 Å². The van der Waals surface area contributed by atoms with Crippen molar-refractivity contribution in [2.24, 2.45) is 50.7 Å². The summed E-state index contributed by atoms with van der Waals surface area (Å²) in [5.74, 6) is 0.584. The molecule has 0 aromatic rings. The van der Waals surface area contributed by atoms with Crippen LogP contribution in [0.5, 0.6) is 0 Å². The van der Waals surface area contributed by atoms with Gasteiger partial charge in [0.05, 0.1) is 37.6 Å². The highest BCUT2D eigenvalue weighted by Gasteiger charge is 2.86. The Morgan fingerprint density at radius 2 is 1.57 bits per heavy atom. The lowest BCUT2D eigenvalue weighted by Gasteiger charge is -2.65. The second-order valence-electron chi connectivity index (χ2n) is 17.5. The Morgan fingerprint density at radius 1 is 0.891 bits per heavy atom. The van der Waals surface area contributed by atoms with Crippen molar-refractivity contribution < 1.29 is 50.3 Å². The van der Waals surface area contributed by atoms with Crippen LogP contribution < -0.4 is 0 Å². The second-order valence-corrected chi connectivity index (χ2v) is 17.5. The average molecular weight is 653 g/mol. The molecule has 5 aliphatic carbocycles. The normalized spacial score (nSPS) is 55.1. The number of aliphatic hydroxyl groups is 8. The molecule has 1 aliphatic heterocycles. The van der Waals surface area contributed by atoms with Crippen LogP contribution in [-0.4, -0.2) is 109 Å². The summed E-state index contributed by atoms with van der Waals surface area (Å²) >= 11 is 0. The Morgan fingerprint density at radius 3 is 2.24 bits per heavy atom. The van der Waals surface area contributed by atoms with Crippen molar-refractivity contribution in [2.75, 3.05) is 13.2 Å². The summed E-state index contributed by atoms with van der Waals surface area (Å²) in [5.41, 5.74) is -0.544. The molecule has 0 bridgehead atoms. The second kappa shape index (κ2) is 11.7. The van der Waals surface area contributed by atoms with Crippen LogP contribution >= 0.6 is 0 Å². The lowest BCUT2D eigenvalue weighted by molar-refractivity contribution is -0.299. The van der Waals surface area contributed by atoms with Crippen LogP contribution in [0.4, 0.5) is 0 Å². The van der Waals surface area contributed by atoms with Gasteiger partial charge in [0, 0.05) is 17.3 Å². The summed E-state index contributed by atoms with van der Waals surface area (Å²) in [7, 11) is 0. The predicted molar refractivity (Wildman–Crippen MR) is 169 cm³/mol. The molecule has 10 nitrogen and oxygen atoms in total. The molecule has 46 heavy (non-hydrogen) atoms. The van der Waals surface area contributed by atoms with Crippen molar-refractivity contribution in [3.05, 3.63) is 11.6 Å². The third kappa shape index (κ3) is 4.64. The third-order valence-corrected chi connectivity index (χ3v) is 15.3. The molecule has 8 N–H and O–H groups in total. The Kier molecular flexibility index (Phi) is 8.95. The zero-order valence-electron chi connectivity index (χ0n) is 28.5. The quantitative estimate of drug-likeness (QED) is 0.181. The molecule has 10 heteroatoms. The first-order valence-corrected chi connectivity index (χ1v) is 17.7. The SMILES string of the molecule is C/C(=C\CC[C@@H](C)[C@H]1C(O)C[C@@]2(C)[C@@H]3CC[C@H]4C(C)(C)C(O)CC(O)[C@@]45C[C@@]35CC(O)[C@]12C)CO[C@@H]1O[C@H](CO)[C@@H](O)[C@H](O)[C@H]1O. The van der Waals surface area contributed by atoms with E-state index in [-0.39, 0.29) is 46.0 Å². The Balaban J connectivity index is 1.13. The molecule has 6 fully saturated rings. The van der Waals surface area contributed by atoms with E-state index in [2.05, 4.69) is 40.7 Å². The molecule has 0 aromatic carbocycles. The molecule has 17 atom stereocenters. The van der Waals surface area contributed by atoms with Gasteiger partial charge in [0.25, 0.3) is 0 Å². The highest BCUT2D eigenvalue weighted by molar-refractivity contribution is 5.34. The van der Waals surface area contributed by atoms with Gasteiger partial charge in [0.15, 0.2) is 6.29 Å². The maximum absolute atomic E-state index is 12.2. The summed E-state index contributed by atoms with van der Waals surface area (Å²) in [6.07, 6.45) is -0.612. The molecule has 1 heterocycles. The molecule has 264 valence electrons. The molecular formula is C36H60O10. The van der Waals surface area contributed by atoms with Crippen LogP contribution in [0.2, 0.25) is 0 Å². The maximum Gasteiger partial charge on any atom is 0.187 e. The van der Waals surface area contributed by atoms with Gasteiger partial charge in [-0.05, 0) is 91.8 Å². The average Bonchev–Trinajstić information content (AvgIpc) is 3.61. The summed E-state index contributed by atoms with van der Waals surface area (Å²) in [5, 5.41) is 86.1. The number of rotatable bonds is 8. The third-order valence-electron chi connectivity index (χ3n) is 15.3. The van der Waals surface area contributed by atoms with Gasteiger partial charge >= 0.3 is 0 Å². The zero-order chi connectivity index (χ0) is 33.8. The van der Waals surface area contributed by atoms with Gasteiger partial charge in [-0.25, -0.2) is 0 Å². The summed E-state index contributed by atoms with van der Waals surface area (Å²) in [6.45, 7) is 12.5. The Bertz CT molecular complexity index is 1180. The van der Waals surface area contributed by atoms with Crippen LogP contribution in [0.25, 0.3) is 0 Å². The minimum absolute atomic E-state index is 0.0779. The summed E-state index contributed by atoms with van der Waals surface area (Å²) in [6, 6.07) is 0. The van der Waals surface area contributed by atoms with E-state index >= 15 is 0 Å². The minimum Gasteiger partial charge on any atom is -0.394 e. The molecule has 5 saturated carbocycles. The molecule has 4 unspecified atom stereocenters. The fourth-order valence-corrected chi connectivity index (χ4v) is 12.7. The summed E-state index contributed by atoms with van der Waals surface area (Å²) in [4.78, 5) is 0.